The van der Waals surface area contributed by atoms with E-state index in [1.807, 2.05) is 48.5 Å². The van der Waals surface area contributed by atoms with Crippen LogP contribution in [0.5, 0.6) is 5.75 Å². The van der Waals surface area contributed by atoms with E-state index in [4.69, 9.17) is 9.47 Å². The van der Waals surface area contributed by atoms with Crippen molar-refractivity contribution in [2.45, 2.75) is 19.1 Å². The Morgan fingerprint density at radius 2 is 1.95 bits per heavy atom. The lowest BCUT2D eigenvalue weighted by molar-refractivity contribution is -0.145. The van der Waals surface area contributed by atoms with Gasteiger partial charge >= 0.3 is 5.97 Å². The van der Waals surface area contributed by atoms with Crippen LogP contribution in [0.15, 0.2) is 48.5 Å². The molecule has 0 fully saturated rings. The molecule has 0 saturated heterocycles. The molecule has 1 N–H and O–H groups in total. The van der Waals surface area contributed by atoms with Gasteiger partial charge < -0.3 is 14.8 Å². The number of carbonyl (C=O) groups is 1. The maximum Gasteiger partial charge on any atom is 0.329 e. The Labute approximate surface area is 123 Å². The Morgan fingerprint density at radius 3 is 2.67 bits per heavy atom. The summed E-state index contributed by atoms with van der Waals surface area (Å²) in [7, 11) is 1.62. The van der Waals surface area contributed by atoms with Crippen molar-refractivity contribution >= 4 is 11.7 Å². The van der Waals surface area contributed by atoms with Crippen molar-refractivity contribution in [3.8, 4) is 5.75 Å². The molecule has 1 aliphatic rings. The van der Waals surface area contributed by atoms with Crippen molar-refractivity contribution in [2.24, 2.45) is 0 Å². The highest BCUT2D eigenvalue weighted by Crippen LogP contribution is 2.25. The predicted molar refractivity (Wildman–Crippen MR) is 80.3 cm³/mol. The van der Waals surface area contributed by atoms with Crippen LogP contribution in [0.4, 0.5) is 5.69 Å². The summed E-state index contributed by atoms with van der Waals surface area (Å²) in [6.07, 6.45) is 0.678. The number of esters is 1. The first-order valence-corrected chi connectivity index (χ1v) is 6.90. The minimum absolute atomic E-state index is 0.220. The zero-order chi connectivity index (χ0) is 14.7. The third kappa shape index (κ3) is 2.99. The van der Waals surface area contributed by atoms with E-state index in [2.05, 4.69) is 5.32 Å². The third-order valence-corrected chi connectivity index (χ3v) is 3.60. The molecule has 0 aliphatic carbocycles. The van der Waals surface area contributed by atoms with Gasteiger partial charge in [0.15, 0.2) is 0 Å². The SMILES string of the molecule is COc1ccc(COC(=O)C2Cc3ccccc3N2)cc1. The molecular weight excluding hydrogens is 266 g/mol. The summed E-state index contributed by atoms with van der Waals surface area (Å²) in [6.45, 7) is 0.275. The topological polar surface area (TPSA) is 47.6 Å². The molecule has 0 spiro atoms. The zero-order valence-electron chi connectivity index (χ0n) is 11.8. The molecular formula is C17H17NO3. The number of para-hydroxylation sites is 1. The van der Waals surface area contributed by atoms with Gasteiger partial charge in [-0.1, -0.05) is 30.3 Å². The molecule has 0 radical (unpaired) electrons. The highest BCUT2D eigenvalue weighted by Gasteiger charge is 2.27. The Kier molecular flexibility index (Phi) is 3.77. The monoisotopic (exact) mass is 283 g/mol. The summed E-state index contributed by atoms with van der Waals surface area (Å²) in [5, 5.41) is 3.19. The molecule has 4 heteroatoms. The minimum Gasteiger partial charge on any atom is -0.497 e. The van der Waals surface area contributed by atoms with E-state index in [1.54, 1.807) is 7.11 Å². The summed E-state index contributed by atoms with van der Waals surface area (Å²) in [5.74, 6) is 0.569. The Morgan fingerprint density at radius 1 is 1.19 bits per heavy atom. The van der Waals surface area contributed by atoms with E-state index >= 15 is 0 Å². The molecule has 0 saturated carbocycles. The molecule has 2 aromatic rings. The highest BCUT2D eigenvalue weighted by molar-refractivity contribution is 5.82. The van der Waals surface area contributed by atoms with Crippen LogP contribution < -0.4 is 10.1 Å². The predicted octanol–water partition coefficient (Wildman–Crippen LogP) is 2.78. The molecule has 1 unspecified atom stereocenters. The van der Waals surface area contributed by atoms with Crippen molar-refractivity contribution in [1.29, 1.82) is 0 Å². The molecule has 0 aromatic heterocycles. The molecule has 108 valence electrons. The van der Waals surface area contributed by atoms with E-state index in [0.29, 0.717) is 6.42 Å². The molecule has 1 atom stereocenters. The molecule has 2 aromatic carbocycles. The standard InChI is InChI=1S/C17H17NO3/c1-20-14-8-6-12(7-9-14)11-21-17(19)16-10-13-4-2-3-5-15(13)18-16/h2-9,16,18H,10-11H2,1H3. The fourth-order valence-corrected chi connectivity index (χ4v) is 2.42. The molecule has 1 heterocycles. The van der Waals surface area contributed by atoms with Gasteiger partial charge in [-0.25, -0.2) is 4.79 Å². The van der Waals surface area contributed by atoms with Crippen LogP contribution in [-0.4, -0.2) is 19.1 Å². The van der Waals surface area contributed by atoms with E-state index in [-0.39, 0.29) is 18.6 Å². The fourth-order valence-electron chi connectivity index (χ4n) is 2.42. The number of rotatable bonds is 4. The fraction of sp³-hybridized carbons (Fsp3) is 0.235. The number of methoxy groups -OCH3 is 1. The molecule has 0 bridgehead atoms. The van der Waals surface area contributed by atoms with Gasteiger partial charge in [0.05, 0.1) is 7.11 Å². The van der Waals surface area contributed by atoms with Gasteiger partial charge in [0.2, 0.25) is 0 Å². The van der Waals surface area contributed by atoms with Crippen LogP contribution in [0.2, 0.25) is 0 Å². The van der Waals surface area contributed by atoms with Gasteiger partial charge in [-0.05, 0) is 29.3 Å². The third-order valence-electron chi connectivity index (χ3n) is 3.60. The van der Waals surface area contributed by atoms with E-state index in [0.717, 1.165) is 22.6 Å². The zero-order valence-corrected chi connectivity index (χ0v) is 11.8. The number of ether oxygens (including phenoxy) is 2. The van der Waals surface area contributed by atoms with Gasteiger partial charge in [-0.3, -0.25) is 0 Å². The maximum absolute atomic E-state index is 12.1. The smallest absolute Gasteiger partial charge is 0.329 e. The van der Waals surface area contributed by atoms with Crippen LogP contribution in [0.25, 0.3) is 0 Å². The minimum atomic E-state index is -0.291. The lowest BCUT2D eigenvalue weighted by atomic mass is 10.1. The van der Waals surface area contributed by atoms with Crippen LogP contribution in [0.1, 0.15) is 11.1 Å². The Hall–Kier alpha value is -2.49. The average Bonchev–Trinajstić information content (AvgIpc) is 2.97. The largest absolute Gasteiger partial charge is 0.497 e. The lowest BCUT2D eigenvalue weighted by Gasteiger charge is -2.11. The number of anilines is 1. The second kappa shape index (κ2) is 5.87. The Bertz CT molecular complexity index is 612. The normalized spacial score (nSPS) is 16.0. The molecule has 21 heavy (non-hydrogen) atoms. The molecule has 1 aliphatic heterocycles. The van der Waals surface area contributed by atoms with Crippen LogP contribution in [0, 0.1) is 0 Å². The molecule has 3 rings (SSSR count). The average molecular weight is 283 g/mol. The number of carbonyl (C=O) groups excluding carboxylic acids is 1. The van der Waals surface area contributed by atoms with E-state index in [1.165, 1.54) is 0 Å². The lowest BCUT2D eigenvalue weighted by Crippen LogP contribution is -2.28. The van der Waals surface area contributed by atoms with Gasteiger partial charge in [0.1, 0.15) is 18.4 Å². The highest BCUT2D eigenvalue weighted by atomic mass is 16.5. The number of hydrogen-bond donors (Lipinski definition) is 1. The van der Waals surface area contributed by atoms with Crippen molar-refractivity contribution in [2.75, 3.05) is 12.4 Å². The first-order valence-electron chi connectivity index (χ1n) is 6.90. The number of hydrogen-bond acceptors (Lipinski definition) is 4. The number of nitrogens with one attached hydrogen (secondary N) is 1. The summed E-state index contributed by atoms with van der Waals surface area (Å²) >= 11 is 0. The van der Waals surface area contributed by atoms with Gasteiger partial charge in [-0.2, -0.15) is 0 Å². The Balaban J connectivity index is 1.55. The van der Waals surface area contributed by atoms with Crippen molar-refractivity contribution in [1.82, 2.24) is 0 Å². The summed E-state index contributed by atoms with van der Waals surface area (Å²) in [4.78, 5) is 12.1. The van der Waals surface area contributed by atoms with Crippen molar-refractivity contribution < 1.29 is 14.3 Å². The second-order valence-electron chi connectivity index (χ2n) is 5.01. The molecule has 4 nitrogen and oxygen atoms in total. The van der Waals surface area contributed by atoms with Gasteiger partial charge in [0.25, 0.3) is 0 Å². The van der Waals surface area contributed by atoms with E-state index in [9.17, 15) is 4.79 Å². The van der Waals surface area contributed by atoms with Gasteiger partial charge in [0, 0.05) is 12.1 Å². The molecule has 0 amide bonds. The number of benzene rings is 2. The summed E-state index contributed by atoms with van der Waals surface area (Å²) in [6, 6.07) is 15.1. The first kappa shape index (κ1) is 13.5. The first-order chi connectivity index (χ1) is 10.3. The second-order valence-corrected chi connectivity index (χ2v) is 5.01. The van der Waals surface area contributed by atoms with E-state index < -0.39 is 0 Å². The maximum atomic E-state index is 12.1. The van der Waals surface area contributed by atoms with Crippen LogP contribution in [0.3, 0.4) is 0 Å². The van der Waals surface area contributed by atoms with Crippen molar-refractivity contribution in [3.05, 3.63) is 59.7 Å². The summed E-state index contributed by atoms with van der Waals surface area (Å²) < 4.78 is 10.5. The quantitative estimate of drug-likeness (QED) is 0.877. The van der Waals surface area contributed by atoms with Crippen LogP contribution in [-0.2, 0) is 22.6 Å². The number of fused-ring (bicyclic) bond motifs is 1. The van der Waals surface area contributed by atoms with Gasteiger partial charge in [-0.15, -0.1) is 0 Å². The van der Waals surface area contributed by atoms with Crippen LogP contribution >= 0.6 is 0 Å². The summed E-state index contributed by atoms with van der Waals surface area (Å²) in [5.41, 5.74) is 3.12. The van der Waals surface area contributed by atoms with Crippen molar-refractivity contribution in [3.63, 3.8) is 0 Å².